The normalized spacial score (nSPS) is 10.4. The summed E-state index contributed by atoms with van der Waals surface area (Å²) in [4.78, 5) is 14.1. The van der Waals surface area contributed by atoms with Crippen LogP contribution < -0.4 is 5.32 Å². The number of nitrogens with one attached hydrogen (secondary N) is 1. The molecule has 0 saturated heterocycles. The Labute approximate surface area is 94.1 Å². The lowest BCUT2D eigenvalue weighted by Crippen LogP contribution is -1.98. The zero-order chi connectivity index (χ0) is 11.7. The van der Waals surface area contributed by atoms with Gasteiger partial charge in [0.05, 0.1) is 7.05 Å². The maximum atomic E-state index is 10.6. The summed E-state index contributed by atoms with van der Waals surface area (Å²) >= 11 is 1.29. The molecule has 2 heterocycles. The number of hydrogen-bond acceptors (Lipinski definition) is 7. The summed E-state index contributed by atoms with van der Waals surface area (Å²) in [5, 5.41) is 22.4. The maximum Gasteiger partial charge on any atom is 0.342 e. The lowest BCUT2D eigenvalue weighted by Gasteiger charge is -1.94. The summed E-state index contributed by atoms with van der Waals surface area (Å²) in [5.74, 6) is 0.363. The van der Waals surface area contributed by atoms with Crippen molar-refractivity contribution in [3.8, 4) is 10.8 Å². The lowest BCUT2D eigenvalue weighted by atomic mass is 10.6. The first kappa shape index (κ1) is 10.5. The minimum atomic E-state index is -0.490. The minimum absolute atomic E-state index is 0.0730. The molecule has 0 unspecified atom stereocenters. The van der Waals surface area contributed by atoms with E-state index in [4.69, 9.17) is 0 Å². The molecule has 0 aliphatic carbocycles. The monoisotopic (exact) mass is 240 g/mol. The van der Waals surface area contributed by atoms with Gasteiger partial charge in [-0.2, -0.15) is 0 Å². The third-order valence-electron chi connectivity index (χ3n) is 1.98. The first-order valence-electron chi connectivity index (χ1n) is 4.31. The van der Waals surface area contributed by atoms with Gasteiger partial charge in [-0.15, -0.1) is 10.2 Å². The van der Waals surface area contributed by atoms with Crippen molar-refractivity contribution in [3.63, 3.8) is 0 Å². The van der Waals surface area contributed by atoms with Crippen molar-refractivity contribution in [2.75, 3.05) is 12.4 Å². The van der Waals surface area contributed by atoms with E-state index in [1.54, 1.807) is 14.1 Å². The van der Waals surface area contributed by atoms with E-state index < -0.39 is 4.92 Å². The van der Waals surface area contributed by atoms with Crippen molar-refractivity contribution < 1.29 is 4.92 Å². The van der Waals surface area contributed by atoms with Crippen molar-refractivity contribution >= 4 is 22.3 Å². The van der Waals surface area contributed by atoms with E-state index in [1.165, 1.54) is 22.1 Å². The van der Waals surface area contributed by atoms with Gasteiger partial charge < -0.3 is 15.4 Å². The Hall–Kier alpha value is -2.03. The number of nitro groups is 1. The summed E-state index contributed by atoms with van der Waals surface area (Å²) in [6.07, 6.45) is 1.20. The van der Waals surface area contributed by atoms with Gasteiger partial charge in [0.1, 0.15) is 6.20 Å². The summed E-state index contributed by atoms with van der Waals surface area (Å²) in [5.41, 5.74) is 0. The molecule has 0 saturated carbocycles. The van der Waals surface area contributed by atoms with E-state index >= 15 is 0 Å². The van der Waals surface area contributed by atoms with Crippen molar-refractivity contribution in [2.45, 2.75) is 0 Å². The third kappa shape index (κ3) is 1.60. The quantitative estimate of drug-likeness (QED) is 0.631. The highest BCUT2D eigenvalue weighted by Gasteiger charge is 2.21. The molecule has 16 heavy (non-hydrogen) atoms. The van der Waals surface area contributed by atoms with Crippen molar-refractivity contribution in [3.05, 3.63) is 16.3 Å². The van der Waals surface area contributed by atoms with Crippen LogP contribution in [-0.4, -0.2) is 31.7 Å². The van der Waals surface area contributed by atoms with E-state index in [2.05, 4.69) is 20.5 Å². The van der Waals surface area contributed by atoms with Crippen LogP contribution in [0, 0.1) is 10.1 Å². The first-order valence-corrected chi connectivity index (χ1v) is 5.13. The molecule has 84 valence electrons. The Bertz CT molecular complexity index is 533. The smallest absolute Gasteiger partial charge is 0.342 e. The van der Waals surface area contributed by atoms with Crippen molar-refractivity contribution in [1.82, 2.24) is 19.7 Å². The molecule has 0 spiro atoms. The second kappa shape index (κ2) is 3.85. The van der Waals surface area contributed by atoms with Gasteiger partial charge in [-0.3, -0.25) is 0 Å². The molecule has 2 rings (SSSR count). The maximum absolute atomic E-state index is 10.6. The molecule has 0 radical (unpaired) electrons. The Morgan fingerprint density at radius 2 is 2.31 bits per heavy atom. The Balaban J connectivity index is 2.44. The lowest BCUT2D eigenvalue weighted by molar-refractivity contribution is -0.391. The van der Waals surface area contributed by atoms with Gasteiger partial charge in [-0.1, -0.05) is 11.3 Å². The molecule has 0 aliphatic rings. The van der Waals surface area contributed by atoms with E-state index in [-0.39, 0.29) is 5.82 Å². The predicted molar refractivity (Wildman–Crippen MR) is 58.3 cm³/mol. The Morgan fingerprint density at radius 1 is 1.56 bits per heavy atom. The molecule has 2 aromatic heterocycles. The number of imidazole rings is 1. The molecule has 0 aliphatic heterocycles. The summed E-state index contributed by atoms with van der Waals surface area (Å²) in [6, 6.07) is 0. The molecule has 9 heteroatoms. The Kier molecular flexibility index (Phi) is 2.52. The zero-order valence-corrected chi connectivity index (χ0v) is 9.35. The SMILES string of the molecule is CNc1nnc(-c2ncc([N+](=O)[O-])n2C)s1. The molecule has 8 nitrogen and oxygen atoms in total. The summed E-state index contributed by atoms with van der Waals surface area (Å²) in [6.45, 7) is 0. The molecule has 1 N–H and O–H groups in total. The van der Waals surface area contributed by atoms with E-state index in [9.17, 15) is 10.1 Å². The second-order valence-electron chi connectivity index (χ2n) is 2.92. The molecular formula is C7H8N6O2S. The van der Waals surface area contributed by atoms with Crippen molar-refractivity contribution in [2.24, 2.45) is 7.05 Å². The van der Waals surface area contributed by atoms with Crippen LogP contribution in [0.15, 0.2) is 6.20 Å². The van der Waals surface area contributed by atoms with Crippen LogP contribution in [0.25, 0.3) is 10.8 Å². The average molecular weight is 240 g/mol. The molecule has 0 amide bonds. The van der Waals surface area contributed by atoms with E-state index in [0.29, 0.717) is 16.0 Å². The highest BCUT2D eigenvalue weighted by Crippen LogP contribution is 2.26. The van der Waals surface area contributed by atoms with E-state index in [1.807, 2.05) is 0 Å². The average Bonchev–Trinajstić information content (AvgIpc) is 2.83. The molecule has 2 aromatic rings. The molecule has 0 atom stereocenters. The van der Waals surface area contributed by atoms with Crippen LogP contribution >= 0.6 is 11.3 Å². The number of rotatable bonds is 3. The number of hydrogen-bond donors (Lipinski definition) is 1. The largest absolute Gasteiger partial charge is 0.363 e. The molecule has 0 bridgehead atoms. The highest BCUT2D eigenvalue weighted by molar-refractivity contribution is 7.18. The Morgan fingerprint density at radius 3 is 2.81 bits per heavy atom. The van der Waals surface area contributed by atoms with Gasteiger partial charge in [-0.25, -0.2) is 9.55 Å². The minimum Gasteiger partial charge on any atom is -0.363 e. The van der Waals surface area contributed by atoms with Crippen LogP contribution in [0.3, 0.4) is 0 Å². The molecule has 0 aromatic carbocycles. The van der Waals surface area contributed by atoms with Gasteiger partial charge in [0.2, 0.25) is 10.1 Å². The van der Waals surface area contributed by atoms with Crippen LogP contribution in [-0.2, 0) is 7.05 Å². The second-order valence-corrected chi connectivity index (χ2v) is 3.90. The van der Waals surface area contributed by atoms with Gasteiger partial charge in [0.25, 0.3) is 5.82 Å². The highest BCUT2D eigenvalue weighted by atomic mass is 32.1. The van der Waals surface area contributed by atoms with Gasteiger partial charge in [0.15, 0.2) is 0 Å². The number of nitrogens with zero attached hydrogens (tertiary/aromatic N) is 5. The topological polar surface area (TPSA) is 98.8 Å². The standard InChI is InChI=1S/C7H8N6O2S/c1-8-7-11-10-6(16-7)5-9-3-4(12(5)2)13(14)15/h3H,1-2H3,(H,8,11). The fourth-order valence-electron chi connectivity index (χ4n) is 1.18. The molecular weight excluding hydrogens is 232 g/mol. The van der Waals surface area contributed by atoms with E-state index in [0.717, 1.165) is 0 Å². The van der Waals surface area contributed by atoms with Gasteiger partial charge in [0, 0.05) is 7.05 Å². The summed E-state index contributed by atoms with van der Waals surface area (Å²) in [7, 11) is 3.30. The summed E-state index contributed by atoms with van der Waals surface area (Å²) < 4.78 is 1.37. The van der Waals surface area contributed by atoms with Crippen LogP contribution in [0.4, 0.5) is 10.9 Å². The fraction of sp³-hybridized carbons (Fsp3) is 0.286. The van der Waals surface area contributed by atoms with Crippen LogP contribution in [0.2, 0.25) is 0 Å². The van der Waals surface area contributed by atoms with Crippen LogP contribution in [0.1, 0.15) is 0 Å². The third-order valence-corrected chi connectivity index (χ3v) is 2.92. The van der Waals surface area contributed by atoms with Crippen LogP contribution in [0.5, 0.6) is 0 Å². The first-order chi connectivity index (χ1) is 7.63. The van der Waals surface area contributed by atoms with Gasteiger partial charge in [-0.05, 0) is 4.92 Å². The predicted octanol–water partition coefficient (Wildman–Crippen LogP) is 0.888. The van der Waals surface area contributed by atoms with Crippen molar-refractivity contribution in [1.29, 1.82) is 0 Å². The number of anilines is 1. The number of aromatic nitrogens is 4. The van der Waals surface area contributed by atoms with Gasteiger partial charge >= 0.3 is 5.82 Å². The zero-order valence-electron chi connectivity index (χ0n) is 8.54. The fourth-order valence-corrected chi connectivity index (χ4v) is 1.91. The molecule has 0 fully saturated rings.